The van der Waals surface area contributed by atoms with Crippen LogP contribution in [0.2, 0.25) is 0 Å². The highest BCUT2D eigenvalue weighted by Gasteiger charge is 2.19. The van der Waals surface area contributed by atoms with Crippen LogP contribution in [0.15, 0.2) is 47.3 Å². The second-order valence-corrected chi connectivity index (χ2v) is 7.39. The van der Waals surface area contributed by atoms with E-state index >= 15 is 0 Å². The molecule has 0 fully saturated rings. The Bertz CT molecular complexity index is 893. The van der Waals surface area contributed by atoms with Crippen molar-refractivity contribution in [1.82, 2.24) is 10.3 Å². The van der Waals surface area contributed by atoms with Crippen LogP contribution in [-0.2, 0) is 13.0 Å². The number of aryl methyl sites for hydroxylation is 2. The summed E-state index contributed by atoms with van der Waals surface area (Å²) in [5.74, 6) is 1.66. The number of hydrogen-bond donors (Lipinski definition) is 1. The van der Waals surface area contributed by atoms with Crippen molar-refractivity contribution in [3.63, 3.8) is 0 Å². The normalized spacial score (nSPS) is 13.8. The molecule has 4 rings (SSSR count). The fraction of sp³-hybridized carbons (Fsp3) is 0.286. The summed E-state index contributed by atoms with van der Waals surface area (Å²) in [6.45, 7) is 5.29. The van der Waals surface area contributed by atoms with Gasteiger partial charge in [-0.15, -0.1) is 0 Å². The Balaban J connectivity index is 1.56. The largest absolute Gasteiger partial charge is 0.454 e. The van der Waals surface area contributed by atoms with Gasteiger partial charge in [-0.2, -0.15) is 11.3 Å². The molecule has 3 heterocycles. The first-order valence-electron chi connectivity index (χ1n) is 8.76. The second-order valence-electron chi connectivity index (χ2n) is 6.61. The van der Waals surface area contributed by atoms with Crippen LogP contribution < -0.4 is 14.8 Å². The highest BCUT2D eigenvalue weighted by Crippen LogP contribution is 2.34. The van der Waals surface area contributed by atoms with E-state index < -0.39 is 0 Å². The lowest BCUT2D eigenvalue weighted by Crippen LogP contribution is -2.25. The summed E-state index contributed by atoms with van der Waals surface area (Å²) in [6.07, 6.45) is 2.79. The van der Waals surface area contributed by atoms with Gasteiger partial charge in [-0.05, 0) is 77.5 Å². The maximum atomic E-state index is 5.53. The standard InChI is InChI=1S/C21H22N2O2S/c1-14-4-3-6-22-21(14)18(9-16-5-7-26-12-16)23-11-17-10-20-19(8-15(17)2)24-13-25-20/h3-8,10,12,18,23H,9,11,13H2,1-2H3. The summed E-state index contributed by atoms with van der Waals surface area (Å²) in [5, 5.41) is 8.04. The summed E-state index contributed by atoms with van der Waals surface area (Å²) in [4.78, 5) is 4.65. The Kier molecular flexibility index (Phi) is 4.91. The Morgan fingerprint density at radius 2 is 2.00 bits per heavy atom. The van der Waals surface area contributed by atoms with Gasteiger partial charge < -0.3 is 14.8 Å². The third kappa shape index (κ3) is 3.59. The summed E-state index contributed by atoms with van der Waals surface area (Å²) in [5.41, 5.74) is 6.08. The predicted molar refractivity (Wildman–Crippen MR) is 104 cm³/mol. The van der Waals surface area contributed by atoms with E-state index in [1.807, 2.05) is 12.3 Å². The van der Waals surface area contributed by atoms with Crippen molar-refractivity contribution in [3.8, 4) is 11.5 Å². The molecule has 0 amide bonds. The maximum absolute atomic E-state index is 5.53. The summed E-state index contributed by atoms with van der Waals surface area (Å²) in [7, 11) is 0. The molecule has 1 aliphatic heterocycles. The molecule has 0 saturated heterocycles. The Hall–Kier alpha value is -2.37. The number of benzene rings is 1. The van der Waals surface area contributed by atoms with Crippen molar-refractivity contribution in [2.45, 2.75) is 32.9 Å². The van der Waals surface area contributed by atoms with E-state index in [2.05, 4.69) is 59.2 Å². The van der Waals surface area contributed by atoms with Crippen molar-refractivity contribution in [2.75, 3.05) is 6.79 Å². The van der Waals surface area contributed by atoms with Crippen molar-refractivity contribution in [2.24, 2.45) is 0 Å². The van der Waals surface area contributed by atoms with Gasteiger partial charge in [0, 0.05) is 12.7 Å². The molecule has 0 saturated carbocycles. The van der Waals surface area contributed by atoms with E-state index in [4.69, 9.17) is 9.47 Å². The highest BCUT2D eigenvalue weighted by molar-refractivity contribution is 7.07. The van der Waals surface area contributed by atoms with Crippen molar-refractivity contribution in [3.05, 3.63) is 75.2 Å². The minimum Gasteiger partial charge on any atom is -0.454 e. The molecule has 0 spiro atoms. The van der Waals surface area contributed by atoms with Crippen LogP contribution in [0.4, 0.5) is 0 Å². The lowest BCUT2D eigenvalue weighted by atomic mass is 10.0. The quantitative estimate of drug-likeness (QED) is 0.694. The Labute approximate surface area is 157 Å². The number of pyridine rings is 1. The molecule has 0 radical (unpaired) electrons. The van der Waals surface area contributed by atoms with Crippen LogP contribution in [0.5, 0.6) is 11.5 Å². The van der Waals surface area contributed by atoms with Gasteiger partial charge in [0.05, 0.1) is 11.7 Å². The van der Waals surface area contributed by atoms with Crippen molar-refractivity contribution >= 4 is 11.3 Å². The van der Waals surface area contributed by atoms with Crippen molar-refractivity contribution in [1.29, 1.82) is 0 Å². The lowest BCUT2D eigenvalue weighted by Gasteiger charge is -2.20. The number of hydrogen-bond acceptors (Lipinski definition) is 5. The van der Waals surface area contributed by atoms with Gasteiger partial charge in [0.1, 0.15) is 0 Å². The lowest BCUT2D eigenvalue weighted by molar-refractivity contribution is 0.174. The van der Waals surface area contributed by atoms with Crippen LogP contribution in [0, 0.1) is 13.8 Å². The van der Waals surface area contributed by atoms with E-state index in [-0.39, 0.29) is 6.04 Å². The number of nitrogens with zero attached hydrogens (tertiary/aromatic N) is 1. The number of nitrogens with one attached hydrogen (secondary N) is 1. The van der Waals surface area contributed by atoms with Gasteiger partial charge in [-0.1, -0.05) is 6.07 Å². The molecule has 3 aromatic rings. The molecule has 0 bridgehead atoms. The highest BCUT2D eigenvalue weighted by atomic mass is 32.1. The zero-order valence-electron chi connectivity index (χ0n) is 15.0. The Morgan fingerprint density at radius 1 is 1.15 bits per heavy atom. The number of fused-ring (bicyclic) bond motifs is 1. The molecule has 1 N–H and O–H groups in total. The molecule has 4 nitrogen and oxygen atoms in total. The molecular weight excluding hydrogens is 344 g/mol. The maximum Gasteiger partial charge on any atom is 0.231 e. The van der Waals surface area contributed by atoms with E-state index in [0.29, 0.717) is 6.79 Å². The summed E-state index contributed by atoms with van der Waals surface area (Å²) >= 11 is 1.73. The number of thiophene rings is 1. The molecule has 0 aliphatic carbocycles. The molecule has 1 aliphatic rings. The van der Waals surface area contributed by atoms with E-state index in [1.165, 1.54) is 22.3 Å². The second kappa shape index (κ2) is 7.48. The fourth-order valence-electron chi connectivity index (χ4n) is 3.28. The molecule has 1 atom stereocenters. The average Bonchev–Trinajstić information content (AvgIpc) is 3.30. The Morgan fingerprint density at radius 3 is 2.77 bits per heavy atom. The third-order valence-electron chi connectivity index (χ3n) is 4.77. The molecule has 134 valence electrons. The first kappa shape index (κ1) is 17.1. The first-order chi connectivity index (χ1) is 12.7. The van der Waals surface area contributed by atoms with Gasteiger partial charge >= 0.3 is 0 Å². The van der Waals surface area contributed by atoms with Gasteiger partial charge in [0.25, 0.3) is 0 Å². The molecule has 2 aromatic heterocycles. The first-order valence-corrected chi connectivity index (χ1v) is 9.70. The molecule has 5 heteroatoms. The summed E-state index contributed by atoms with van der Waals surface area (Å²) in [6, 6.07) is 10.6. The van der Waals surface area contributed by atoms with Crippen LogP contribution in [0.25, 0.3) is 0 Å². The minimum absolute atomic E-state index is 0.163. The van der Waals surface area contributed by atoms with Crippen LogP contribution >= 0.6 is 11.3 Å². The minimum atomic E-state index is 0.163. The van der Waals surface area contributed by atoms with Crippen LogP contribution in [0.1, 0.15) is 34.0 Å². The fourth-order valence-corrected chi connectivity index (χ4v) is 3.96. The molecule has 1 aromatic carbocycles. The van der Waals surface area contributed by atoms with Crippen LogP contribution in [0.3, 0.4) is 0 Å². The average molecular weight is 366 g/mol. The van der Waals surface area contributed by atoms with Gasteiger partial charge in [0.2, 0.25) is 6.79 Å². The molecule has 1 unspecified atom stereocenters. The smallest absolute Gasteiger partial charge is 0.231 e. The monoisotopic (exact) mass is 366 g/mol. The number of aromatic nitrogens is 1. The van der Waals surface area contributed by atoms with Gasteiger partial charge in [-0.25, -0.2) is 0 Å². The topological polar surface area (TPSA) is 43.4 Å². The van der Waals surface area contributed by atoms with E-state index in [9.17, 15) is 0 Å². The predicted octanol–water partition coefficient (Wildman–Crippen LogP) is 4.56. The van der Waals surface area contributed by atoms with E-state index in [1.54, 1.807) is 11.3 Å². The van der Waals surface area contributed by atoms with Gasteiger partial charge in [0.15, 0.2) is 11.5 Å². The number of ether oxygens (including phenoxy) is 2. The zero-order valence-corrected chi connectivity index (χ0v) is 15.8. The molecular formula is C21H22N2O2S. The van der Waals surface area contributed by atoms with Gasteiger partial charge in [-0.3, -0.25) is 4.98 Å². The molecule has 26 heavy (non-hydrogen) atoms. The van der Waals surface area contributed by atoms with Crippen LogP contribution in [-0.4, -0.2) is 11.8 Å². The van der Waals surface area contributed by atoms with E-state index in [0.717, 1.165) is 30.2 Å². The SMILES string of the molecule is Cc1cc2c(cc1CNC(Cc1ccsc1)c1ncccc1C)OCO2. The summed E-state index contributed by atoms with van der Waals surface area (Å²) < 4.78 is 11.0. The zero-order chi connectivity index (χ0) is 17.9. The third-order valence-corrected chi connectivity index (χ3v) is 5.50. The van der Waals surface area contributed by atoms with Crippen molar-refractivity contribution < 1.29 is 9.47 Å². The number of rotatable bonds is 6.